The summed E-state index contributed by atoms with van der Waals surface area (Å²) in [7, 11) is 1.57. The molecule has 1 rings (SSSR count). The van der Waals surface area contributed by atoms with Gasteiger partial charge in [-0.15, -0.1) is 0 Å². The van der Waals surface area contributed by atoms with Crippen molar-refractivity contribution in [3.63, 3.8) is 0 Å². The largest absolute Gasteiger partial charge is 0.386 e. The lowest BCUT2D eigenvalue weighted by Crippen LogP contribution is -2.13. The lowest BCUT2D eigenvalue weighted by molar-refractivity contribution is 0.0996. The third-order valence-electron chi connectivity index (χ3n) is 1.53. The van der Waals surface area contributed by atoms with Crippen molar-refractivity contribution in [2.24, 2.45) is 5.73 Å². The topological polar surface area (TPSA) is 55.1 Å². The van der Waals surface area contributed by atoms with Crippen molar-refractivity contribution in [3.05, 3.63) is 29.6 Å². The van der Waals surface area contributed by atoms with E-state index in [1.165, 1.54) is 12.1 Å². The SMILES string of the molecule is CNc1cccc(C(N)=O)c1F. The number of hydrogen-bond donors (Lipinski definition) is 2. The van der Waals surface area contributed by atoms with Gasteiger partial charge in [-0.3, -0.25) is 4.79 Å². The summed E-state index contributed by atoms with van der Waals surface area (Å²) in [5.41, 5.74) is 5.11. The molecular formula is C8H9FN2O. The van der Waals surface area contributed by atoms with E-state index in [0.717, 1.165) is 0 Å². The Labute approximate surface area is 69.4 Å². The van der Waals surface area contributed by atoms with Crippen molar-refractivity contribution >= 4 is 11.6 Å². The molecule has 0 saturated heterocycles. The minimum absolute atomic E-state index is 0.0955. The van der Waals surface area contributed by atoms with Crippen LogP contribution in [0.1, 0.15) is 10.4 Å². The van der Waals surface area contributed by atoms with E-state index in [2.05, 4.69) is 5.32 Å². The molecule has 1 aromatic carbocycles. The second kappa shape index (κ2) is 3.21. The number of carbonyl (C=O) groups is 1. The van der Waals surface area contributed by atoms with E-state index in [4.69, 9.17) is 5.73 Å². The smallest absolute Gasteiger partial charge is 0.251 e. The molecule has 4 heteroatoms. The minimum atomic E-state index is -0.760. The monoisotopic (exact) mass is 168 g/mol. The number of rotatable bonds is 2. The van der Waals surface area contributed by atoms with Gasteiger partial charge in [-0.2, -0.15) is 0 Å². The van der Waals surface area contributed by atoms with E-state index >= 15 is 0 Å². The van der Waals surface area contributed by atoms with Crippen LogP contribution in [0.25, 0.3) is 0 Å². The fraction of sp³-hybridized carbons (Fsp3) is 0.125. The Morgan fingerprint density at radius 3 is 2.75 bits per heavy atom. The molecule has 1 aromatic rings. The molecule has 0 aliphatic heterocycles. The van der Waals surface area contributed by atoms with Crippen molar-refractivity contribution in [1.82, 2.24) is 0 Å². The Bertz CT molecular complexity index is 312. The van der Waals surface area contributed by atoms with Gasteiger partial charge in [0.15, 0.2) is 5.82 Å². The average Bonchev–Trinajstić information content (AvgIpc) is 2.04. The highest BCUT2D eigenvalue weighted by molar-refractivity contribution is 5.94. The molecule has 0 unspecified atom stereocenters. The third-order valence-corrected chi connectivity index (χ3v) is 1.53. The molecule has 0 aromatic heterocycles. The summed E-state index contributed by atoms with van der Waals surface area (Å²) in [6.07, 6.45) is 0. The summed E-state index contributed by atoms with van der Waals surface area (Å²) in [6.45, 7) is 0. The lowest BCUT2D eigenvalue weighted by Gasteiger charge is -2.03. The number of benzene rings is 1. The molecule has 0 aliphatic rings. The van der Waals surface area contributed by atoms with Crippen LogP contribution in [0.2, 0.25) is 0 Å². The molecule has 0 radical (unpaired) electrons. The molecule has 0 saturated carbocycles. The van der Waals surface area contributed by atoms with Gasteiger partial charge in [0.25, 0.3) is 5.91 Å². The molecule has 0 bridgehead atoms. The first-order chi connectivity index (χ1) is 5.66. The first kappa shape index (κ1) is 8.52. The van der Waals surface area contributed by atoms with Crippen molar-refractivity contribution < 1.29 is 9.18 Å². The Balaban J connectivity index is 3.23. The zero-order valence-electron chi connectivity index (χ0n) is 6.60. The lowest BCUT2D eigenvalue weighted by atomic mass is 10.2. The van der Waals surface area contributed by atoms with Crippen molar-refractivity contribution in [2.75, 3.05) is 12.4 Å². The van der Waals surface area contributed by atoms with Crippen LogP contribution in [0.15, 0.2) is 18.2 Å². The van der Waals surface area contributed by atoms with E-state index in [-0.39, 0.29) is 11.3 Å². The second-order valence-electron chi connectivity index (χ2n) is 2.28. The zero-order chi connectivity index (χ0) is 9.14. The number of hydrogen-bond acceptors (Lipinski definition) is 2. The fourth-order valence-electron chi connectivity index (χ4n) is 0.915. The summed E-state index contributed by atoms with van der Waals surface area (Å²) in [5, 5.41) is 2.61. The van der Waals surface area contributed by atoms with Crippen LogP contribution < -0.4 is 11.1 Å². The average molecular weight is 168 g/mol. The summed E-state index contributed by atoms with van der Waals surface area (Å²) in [4.78, 5) is 10.6. The molecule has 12 heavy (non-hydrogen) atoms. The summed E-state index contributed by atoms with van der Waals surface area (Å²) in [5.74, 6) is -1.36. The highest BCUT2D eigenvalue weighted by atomic mass is 19.1. The summed E-state index contributed by atoms with van der Waals surface area (Å²) >= 11 is 0. The zero-order valence-corrected chi connectivity index (χ0v) is 6.60. The van der Waals surface area contributed by atoms with Crippen molar-refractivity contribution in [2.45, 2.75) is 0 Å². The Kier molecular flexibility index (Phi) is 2.28. The van der Waals surface area contributed by atoms with Crippen LogP contribution in [0.3, 0.4) is 0 Å². The Hall–Kier alpha value is -1.58. The molecule has 1 amide bonds. The van der Waals surface area contributed by atoms with Gasteiger partial charge in [-0.25, -0.2) is 4.39 Å². The number of anilines is 1. The number of nitrogens with one attached hydrogen (secondary N) is 1. The minimum Gasteiger partial charge on any atom is -0.386 e. The molecule has 64 valence electrons. The third kappa shape index (κ3) is 1.37. The molecule has 0 spiro atoms. The molecular weight excluding hydrogens is 159 g/mol. The van der Waals surface area contributed by atoms with Gasteiger partial charge in [-0.05, 0) is 12.1 Å². The molecule has 3 nitrogen and oxygen atoms in total. The van der Waals surface area contributed by atoms with E-state index in [9.17, 15) is 9.18 Å². The normalized spacial score (nSPS) is 9.50. The first-order valence-corrected chi connectivity index (χ1v) is 3.43. The molecule has 0 heterocycles. The van der Waals surface area contributed by atoms with E-state index in [1.54, 1.807) is 13.1 Å². The molecule has 0 fully saturated rings. The quantitative estimate of drug-likeness (QED) is 0.691. The maximum atomic E-state index is 13.2. The van der Waals surface area contributed by atoms with Crippen LogP contribution in [0, 0.1) is 5.82 Å². The van der Waals surface area contributed by atoms with Gasteiger partial charge in [0.2, 0.25) is 0 Å². The predicted molar refractivity (Wildman–Crippen MR) is 44.5 cm³/mol. The molecule has 0 atom stereocenters. The molecule has 0 aliphatic carbocycles. The number of amides is 1. The van der Waals surface area contributed by atoms with Crippen LogP contribution in [0.5, 0.6) is 0 Å². The predicted octanol–water partition coefficient (Wildman–Crippen LogP) is 0.966. The van der Waals surface area contributed by atoms with E-state index < -0.39 is 11.7 Å². The standard InChI is InChI=1S/C8H9FN2O/c1-11-6-4-2-3-5(7(6)9)8(10)12/h2-4,11H,1H3,(H2,10,12). The fourth-order valence-corrected chi connectivity index (χ4v) is 0.915. The highest BCUT2D eigenvalue weighted by Gasteiger charge is 2.10. The van der Waals surface area contributed by atoms with Crippen molar-refractivity contribution in [3.8, 4) is 0 Å². The number of primary amides is 1. The van der Waals surface area contributed by atoms with E-state index in [1.807, 2.05) is 0 Å². The van der Waals surface area contributed by atoms with Crippen LogP contribution in [0.4, 0.5) is 10.1 Å². The van der Waals surface area contributed by atoms with Crippen LogP contribution in [-0.2, 0) is 0 Å². The van der Waals surface area contributed by atoms with Gasteiger partial charge in [-0.1, -0.05) is 6.07 Å². The highest BCUT2D eigenvalue weighted by Crippen LogP contribution is 2.16. The molecule has 3 N–H and O–H groups in total. The van der Waals surface area contributed by atoms with Gasteiger partial charge in [0.1, 0.15) is 0 Å². The number of nitrogens with two attached hydrogens (primary N) is 1. The maximum Gasteiger partial charge on any atom is 0.251 e. The number of carbonyl (C=O) groups excluding carboxylic acids is 1. The van der Waals surface area contributed by atoms with Gasteiger partial charge in [0.05, 0.1) is 11.3 Å². The van der Waals surface area contributed by atoms with Gasteiger partial charge >= 0.3 is 0 Å². The van der Waals surface area contributed by atoms with Crippen molar-refractivity contribution in [1.29, 1.82) is 0 Å². The maximum absolute atomic E-state index is 13.2. The second-order valence-corrected chi connectivity index (χ2v) is 2.28. The summed E-state index contributed by atoms with van der Waals surface area (Å²) < 4.78 is 13.2. The first-order valence-electron chi connectivity index (χ1n) is 3.43. The van der Waals surface area contributed by atoms with Crippen LogP contribution >= 0.6 is 0 Å². The summed E-state index contributed by atoms with van der Waals surface area (Å²) in [6, 6.07) is 4.44. The Morgan fingerprint density at radius 1 is 1.58 bits per heavy atom. The van der Waals surface area contributed by atoms with E-state index in [0.29, 0.717) is 0 Å². The van der Waals surface area contributed by atoms with Gasteiger partial charge in [0, 0.05) is 7.05 Å². The number of halogens is 1. The Morgan fingerprint density at radius 2 is 2.25 bits per heavy atom. The van der Waals surface area contributed by atoms with Gasteiger partial charge < -0.3 is 11.1 Å². The van der Waals surface area contributed by atoms with Crippen LogP contribution in [-0.4, -0.2) is 13.0 Å².